The number of nitrogens with one attached hydrogen (secondary N) is 5. The Hall–Kier alpha value is -6.58. The number of aromatic nitrogens is 1. The number of aliphatic carboxylic acids is 1. The monoisotopic (exact) mass is 739 g/mol. The Bertz CT molecular complexity index is 2020. The number of fused-ring (bicyclic) bond motifs is 1. The summed E-state index contributed by atoms with van der Waals surface area (Å²) in [5.74, 6) is -4.16. The van der Waals surface area contributed by atoms with Crippen LogP contribution in [0.5, 0.6) is 0 Å². The van der Waals surface area contributed by atoms with Gasteiger partial charge in [-0.15, -0.1) is 0 Å². The molecule has 16 nitrogen and oxygen atoms in total. The second-order valence-electron chi connectivity index (χ2n) is 13.0. The zero-order valence-electron chi connectivity index (χ0n) is 29.4. The summed E-state index contributed by atoms with van der Waals surface area (Å²) >= 11 is 0. The van der Waals surface area contributed by atoms with E-state index in [1.165, 1.54) is 36.1 Å². The van der Waals surface area contributed by atoms with Gasteiger partial charge in [0, 0.05) is 60.7 Å². The van der Waals surface area contributed by atoms with Gasteiger partial charge in [0.1, 0.15) is 24.2 Å². The molecule has 0 saturated carbocycles. The van der Waals surface area contributed by atoms with Gasteiger partial charge in [-0.05, 0) is 49.1 Å². The van der Waals surface area contributed by atoms with E-state index >= 15 is 0 Å². The fourth-order valence-electron chi connectivity index (χ4n) is 6.34. The van der Waals surface area contributed by atoms with Gasteiger partial charge in [0.15, 0.2) is 0 Å². The molecule has 0 radical (unpaired) electrons. The van der Waals surface area contributed by atoms with Crippen molar-refractivity contribution in [3.63, 3.8) is 0 Å². The minimum atomic E-state index is -1.16. The molecule has 3 aromatic carbocycles. The van der Waals surface area contributed by atoms with Crippen molar-refractivity contribution in [1.82, 2.24) is 25.8 Å². The third-order valence-electron chi connectivity index (χ3n) is 9.15. The number of benzene rings is 3. The van der Waals surface area contributed by atoms with Gasteiger partial charge in [-0.2, -0.15) is 0 Å². The topological polar surface area (TPSA) is 233 Å². The predicted molar refractivity (Wildman–Crippen MR) is 197 cm³/mol. The summed E-state index contributed by atoms with van der Waals surface area (Å²) in [6.45, 7) is 1.62. The fourth-order valence-corrected chi connectivity index (χ4v) is 6.34. The number of rotatable bonds is 16. The predicted octanol–water partition coefficient (Wildman–Crippen LogP) is 2.83. The molecule has 1 aliphatic heterocycles. The number of likely N-dealkylation sites (tertiary alicyclic amines) is 1. The number of nitrogens with zero attached hydrogens (tertiary/aromatic N) is 2. The first-order valence-corrected chi connectivity index (χ1v) is 17.5. The second kappa shape index (κ2) is 17.8. The van der Waals surface area contributed by atoms with Crippen molar-refractivity contribution >= 4 is 57.8 Å². The highest BCUT2D eigenvalue weighted by molar-refractivity contribution is 6.00. The number of hydrogen-bond acceptors (Lipinski definition) is 8. The molecule has 1 aromatic heterocycles. The molecule has 5 amide bonds. The van der Waals surface area contributed by atoms with Crippen LogP contribution in [0.15, 0.2) is 85.1 Å². The number of aromatic amines is 1. The summed E-state index contributed by atoms with van der Waals surface area (Å²) in [5.41, 5.74) is 2.44. The molecule has 1 aliphatic rings. The third kappa shape index (κ3) is 10.1. The second-order valence-corrected chi connectivity index (χ2v) is 13.0. The highest BCUT2D eigenvalue weighted by Gasteiger charge is 2.39. The summed E-state index contributed by atoms with van der Waals surface area (Å²) in [7, 11) is 0. The highest BCUT2D eigenvalue weighted by Crippen LogP contribution is 2.24. The van der Waals surface area contributed by atoms with Crippen molar-refractivity contribution in [1.29, 1.82) is 0 Å². The van der Waals surface area contributed by atoms with Gasteiger partial charge in [0.2, 0.25) is 29.5 Å². The van der Waals surface area contributed by atoms with Gasteiger partial charge in [0.25, 0.3) is 5.69 Å². The van der Waals surface area contributed by atoms with Crippen LogP contribution in [-0.4, -0.2) is 86.1 Å². The fraction of sp³-hybridized carbons (Fsp3) is 0.316. The summed E-state index contributed by atoms with van der Waals surface area (Å²) in [4.78, 5) is 93.5. The van der Waals surface area contributed by atoms with Gasteiger partial charge in [-0.25, -0.2) is 0 Å². The standard InChI is InChI=1S/C38H41N7O9/c1-23(40-33(46)17-18-34(47)48)35(49)43-31(21-25-22-39-29-11-6-5-10-28(25)29)38(52)44-19-7-12-32(44)37(51)42-30(20-24-8-3-2-4-9-24)36(50)41-26-13-15-27(16-14-26)45(53)54/h2-6,8-11,13-16,22-23,30-32,39H,7,12,17-21H2,1H3,(H,40,46)(H,41,50)(H,42,51)(H,43,49)(H,47,48)/t23-,30-,31-,32-/m0/s1. The lowest BCUT2D eigenvalue weighted by atomic mass is 10.0. The van der Waals surface area contributed by atoms with E-state index in [0.717, 1.165) is 22.0 Å². The quantitative estimate of drug-likeness (QED) is 0.0732. The van der Waals surface area contributed by atoms with E-state index in [1.54, 1.807) is 30.5 Å². The van der Waals surface area contributed by atoms with E-state index in [1.807, 2.05) is 30.3 Å². The number of carboxylic acids is 1. The zero-order chi connectivity index (χ0) is 38.8. The normalized spacial score (nSPS) is 15.4. The van der Waals surface area contributed by atoms with Crippen LogP contribution >= 0.6 is 0 Å². The molecule has 4 atom stereocenters. The molecule has 6 N–H and O–H groups in total. The largest absolute Gasteiger partial charge is 0.481 e. The Morgan fingerprint density at radius 1 is 0.870 bits per heavy atom. The van der Waals surface area contributed by atoms with Crippen LogP contribution in [0.4, 0.5) is 11.4 Å². The maximum absolute atomic E-state index is 14.3. The molecule has 2 heterocycles. The molecule has 1 saturated heterocycles. The average Bonchev–Trinajstić information content (AvgIpc) is 3.82. The molecular formula is C38H41N7O9. The van der Waals surface area contributed by atoms with Crippen LogP contribution in [0.25, 0.3) is 10.9 Å². The lowest BCUT2D eigenvalue weighted by Crippen LogP contribution is -2.58. The Labute approximate surface area is 309 Å². The van der Waals surface area contributed by atoms with E-state index in [9.17, 15) is 38.9 Å². The summed E-state index contributed by atoms with van der Waals surface area (Å²) < 4.78 is 0. The van der Waals surface area contributed by atoms with Crippen LogP contribution in [-0.2, 0) is 41.6 Å². The minimum Gasteiger partial charge on any atom is -0.481 e. The van der Waals surface area contributed by atoms with Gasteiger partial charge in [-0.3, -0.25) is 38.9 Å². The first-order valence-electron chi connectivity index (χ1n) is 17.5. The van der Waals surface area contributed by atoms with Crippen LogP contribution in [0.2, 0.25) is 0 Å². The molecule has 0 unspecified atom stereocenters. The number of H-pyrrole nitrogens is 1. The number of hydrogen-bond donors (Lipinski definition) is 6. The summed E-state index contributed by atoms with van der Waals surface area (Å²) in [6, 6.07) is 17.4. The number of nitro benzene ring substituents is 1. The van der Waals surface area contributed by atoms with Crippen molar-refractivity contribution in [2.24, 2.45) is 0 Å². The van der Waals surface area contributed by atoms with E-state index in [-0.39, 0.29) is 31.5 Å². The number of carbonyl (C=O) groups excluding carboxylic acids is 5. The molecule has 54 heavy (non-hydrogen) atoms. The Morgan fingerprint density at radius 3 is 2.28 bits per heavy atom. The first-order chi connectivity index (χ1) is 25.9. The molecule has 1 fully saturated rings. The highest BCUT2D eigenvalue weighted by atomic mass is 16.6. The van der Waals surface area contributed by atoms with Crippen LogP contribution in [0.3, 0.4) is 0 Å². The number of anilines is 1. The zero-order valence-corrected chi connectivity index (χ0v) is 29.4. The van der Waals surface area contributed by atoms with Crippen molar-refractivity contribution in [3.8, 4) is 0 Å². The van der Waals surface area contributed by atoms with E-state index < -0.39 is 71.0 Å². The number of non-ortho nitro benzene ring substituents is 1. The smallest absolute Gasteiger partial charge is 0.303 e. The lowest BCUT2D eigenvalue weighted by Gasteiger charge is -2.30. The van der Waals surface area contributed by atoms with Gasteiger partial charge >= 0.3 is 5.97 Å². The minimum absolute atomic E-state index is 0.0490. The van der Waals surface area contributed by atoms with Crippen molar-refractivity contribution in [2.45, 2.75) is 69.6 Å². The molecule has 5 rings (SSSR count). The Kier molecular flexibility index (Phi) is 12.7. The molecular weight excluding hydrogens is 698 g/mol. The van der Waals surface area contributed by atoms with Crippen LogP contribution < -0.4 is 21.3 Å². The summed E-state index contributed by atoms with van der Waals surface area (Å²) in [5, 5.41) is 31.6. The Morgan fingerprint density at radius 2 is 1.57 bits per heavy atom. The molecule has 4 aromatic rings. The van der Waals surface area contributed by atoms with Gasteiger partial charge in [0.05, 0.1) is 11.3 Å². The maximum atomic E-state index is 14.3. The lowest BCUT2D eigenvalue weighted by molar-refractivity contribution is -0.384. The first kappa shape index (κ1) is 38.6. The molecule has 282 valence electrons. The SMILES string of the molecule is C[C@H](NC(=O)CCC(=O)O)C(=O)N[C@@H](Cc1c[nH]c2ccccc12)C(=O)N1CCC[C@H]1C(=O)N[C@@H](Cc1ccccc1)C(=O)Nc1ccc([N+](=O)[O-])cc1. The maximum Gasteiger partial charge on any atom is 0.303 e. The number of para-hydroxylation sites is 1. The number of nitro groups is 1. The third-order valence-corrected chi connectivity index (χ3v) is 9.15. The van der Waals surface area contributed by atoms with Gasteiger partial charge < -0.3 is 36.3 Å². The van der Waals surface area contributed by atoms with Gasteiger partial charge in [-0.1, -0.05) is 48.5 Å². The number of amides is 5. The number of carboxylic acid groups (broad SMARTS) is 1. The number of carbonyl (C=O) groups is 6. The van der Waals surface area contributed by atoms with E-state index in [4.69, 9.17) is 5.11 Å². The van der Waals surface area contributed by atoms with Crippen molar-refractivity contribution < 1.29 is 38.8 Å². The Balaban J connectivity index is 1.34. The van der Waals surface area contributed by atoms with E-state index in [2.05, 4.69) is 26.3 Å². The van der Waals surface area contributed by atoms with Crippen molar-refractivity contribution in [2.75, 3.05) is 11.9 Å². The molecule has 0 aliphatic carbocycles. The van der Waals surface area contributed by atoms with Crippen LogP contribution in [0, 0.1) is 10.1 Å². The average molecular weight is 740 g/mol. The van der Waals surface area contributed by atoms with Crippen molar-refractivity contribution in [3.05, 3.63) is 106 Å². The van der Waals surface area contributed by atoms with E-state index in [0.29, 0.717) is 18.5 Å². The molecule has 16 heteroatoms. The van der Waals surface area contributed by atoms with Crippen LogP contribution in [0.1, 0.15) is 43.7 Å². The summed E-state index contributed by atoms with van der Waals surface area (Å²) in [6.07, 6.45) is 1.93. The molecule has 0 spiro atoms. The molecule has 0 bridgehead atoms.